The van der Waals surface area contributed by atoms with Crippen LogP contribution in [-0.2, 0) is 9.53 Å². The highest BCUT2D eigenvalue weighted by atomic mass is 16.5. The zero-order valence-electron chi connectivity index (χ0n) is 7.45. The fourth-order valence-corrected chi connectivity index (χ4v) is 1.21. The molecule has 12 heavy (non-hydrogen) atoms. The molecule has 0 N–H and O–H groups in total. The van der Waals surface area contributed by atoms with Gasteiger partial charge >= 0.3 is 0 Å². The molecule has 3 heteroatoms. The predicted octanol–water partition coefficient (Wildman–Crippen LogP) is 0.811. The Bertz CT molecular complexity index is 169. The van der Waals surface area contributed by atoms with Crippen LogP contribution < -0.4 is 0 Å². The summed E-state index contributed by atoms with van der Waals surface area (Å²) in [5, 5.41) is 0. The maximum absolute atomic E-state index is 11.3. The van der Waals surface area contributed by atoms with Crippen molar-refractivity contribution in [1.82, 2.24) is 4.90 Å². The normalized spacial score (nSPS) is 19.6. The zero-order chi connectivity index (χ0) is 8.81. The Morgan fingerprint density at radius 1 is 1.42 bits per heavy atom. The van der Waals surface area contributed by atoms with E-state index in [1.165, 1.54) is 0 Å². The maximum Gasteiger partial charge on any atom is 0.246 e. The zero-order valence-corrected chi connectivity index (χ0v) is 7.45. The Hall–Kier alpha value is -0.830. The third kappa shape index (κ3) is 2.66. The van der Waals surface area contributed by atoms with Crippen LogP contribution in [0.5, 0.6) is 0 Å². The summed E-state index contributed by atoms with van der Waals surface area (Å²) in [6.07, 6.45) is 4.32. The molecule has 0 saturated carbocycles. The van der Waals surface area contributed by atoms with Crippen LogP contribution in [0.1, 0.15) is 13.3 Å². The summed E-state index contributed by atoms with van der Waals surface area (Å²) in [5.74, 6) is 0.100. The smallest absolute Gasteiger partial charge is 0.246 e. The average Bonchev–Trinajstić information content (AvgIpc) is 2.32. The van der Waals surface area contributed by atoms with Crippen molar-refractivity contribution in [2.24, 2.45) is 0 Å². The lowest BCUT2D eigenvalue weighted by molar-refractivity contribution is -0.126. The van der Waals surface area contributed by atoms with Crippen molar-refractivity contribution in [3.05, 3.63) is 12.2 Å². The van der Waals surface area contributed by atoms with Crippen LogP contribution in [-0.4, -0.2) is 37.1 Å². The van der Waals surface area contributed by atoms with Crippen LogP contribution in [0, 0.1) is 0 Å². The predicted molar refractivity (Wildman–Crippen MR) is 46.8 cm³/mol. The summed E-state index contributed by atoms with van der Waals surface area (Å²) in [5.41, 5.74) is 0. The topological polar surface area (TPSA) is 29.5 Å². The Labute approximate surface area is 73.0 Å². The number of carbonyl (C=O) groups excluding carboxylic acids is 1. The third-order valence-electron chi connectivity index (χ3n) is 1.84. The molecule has 1 amide bonds. The average molecular weight is 169 g/mol. The van der Waals surface area contributed by atoms with Gasteiger partial charge in [-0.25, -0.2) is 0 Å². The number of nitrogens with zero attached hydrogens (tertiary/aromatic N) is 1. The Morgan fingerprint density at radius 2 is 2.25 bits per heavy atom. The van der Waals surface area contributed by atoms with Gasteiger partial charge in [-0.2, -0.15) is 0 Å². The quantitative estimate of drug-likeness (QED) is 0.544. The number of ether oxygens (including phenoxy) is 1. The van der Waals surface area contributed by atoms with E-state index >= 15 is 0 Å². The molecule has 3 nitrogen and oxygen atoms in total. The number of hydrogen-bond acceptors (Lipinski definition) is 2. The minimum atomic E-state index is 0.100. The van der Waals surface area contributed by atoms with E-state index in [9.17, 15) is 4.79 Å². The van der Waals surface area contributed by atoms with Gasteiger partial charge in [0.25, 0.3) is 0 Å². The number of allylic oxidation sites excluding steroid dienone is 1. The minimum absolute atomic E-state index is 0.100. The van der Waals surface area contributed by atoms with Crippen molar-refractivity contribution in [2.45, 2.75) is 13.3 Å². The lowest BCUT2D eigenvalue weighted by atomic mass is 10.3. The molecule has 1 aliphatic heterocycles. The van der Waals surface area contributed by atoms with Crippen LogP contribution >= 0.6 is 0 Å². The number of rotatable bonds is 1. The Balaban J connectivity index is 2.42. The number of amides is 1. The van der Waals surface area contributed by atoms with Crippen molar-refractivity contribution in [3.8, 4) is 0 Å². The van der Waals surface area contributed by atoms with Gasteiger partial charge in [0, 0.05) is 19.7 Å². The lowest BCUT2D eigenvalue weighted by Gasteiger charge is -2.16. The SMILES string of the molecule is CC=CC(=O)N1CCCOCC1. The summed E-state index contributed by atoms with van der Waals surface area (Å²) < 4.78 is 5.24. The molecule has 1 fully saturated rings. The van der Waals surface area contributed by atoms with Gasteiger partial charge in [-0.3, -0.25) is 4.79 Å². The highest BCUT2D eigenvalue weighted by molar-refractivity contribution is 5.87. The van der Waals surface area contributed by atoms with Crippen LogP contribution in [0.25, 0.3) is 0 Å². The minimum Gasteiger partial charge on any atom is -0.380 e. The van der Waals surface area contributed by atoms with Crippen LogP contribution in [0.15, 0.2) is 12.2 Å². The molecule has 0 aliphatic carbocycles. The highest BCUT2D eigenvalue weighted by Gasteiger charge is 2.12. The summed E-state index contributed by atoms with van der Waals surface area (Å²) in [6, 6.07) is 0. The molecule has 0 spiro atoms. The van der Waals surface area contributed by atoms with Gasteiger partial charge in [0.05, 0.1) is 6.61 Å². The molecule has 1 heterocycles. The fraction of sp³-hybridized carbons (Fsp3) is 0.667. The molecular formula is C9H15NO2. The van der Waals surface area contributed by atoms with Gasteiger partial charge < -0.3 is 9.64 Å². The molecule has 1 saturated heterocycles. The first-order valence-corrected chi connectivity index (χ1v) is 4.34. The van der Waals surface area contributed by atoms with Crippen molar-refractivity contribution < 1.29 is 9.53 Å². The van der Waals surface area contributed by atoms with Crippen molar-refractivity contribution in [3.63, 3.8) is 0 Å². The Morgan fingerprint density at radius 3 is 3.00 bits per heavy atom. The van der Waals surface area contributed by atoms with Gasteiger partial charge in [-0.05, 0) is 19.4 Å². The molecule has 0 aromatic heterocycles. The van der Waals surface area contributed by atoms with Crippen molar-refractivity contribution in [2.75, 3.05) is 26.3 Å². The second-order valence-corrected chi connectivity index (χ2v) is 2.79. The summed E-state index contributed by atoms with van der Waals surface area (Å²) >= 11 is 0. The maximum atomic E-state index is 11.3. The first kappa shape index (κ1) is 9.26. The molecule has 0 bridgehead atoms. The van der Waals surface area contributed by atoms with Crippen LogP contribution in [0.2, 0.25) is 0 Å². The molecule has 68 valence electrons. The standard InChI is InChI=1S/C9H15NO2/c1-2-4-9(11)10-5-3-7-12-8-6-10/h2,4H,3,5-8H2,1H3. The summed E-state index contributed by atoms with van der Waals surface area (Å²) in [6.45, 7) is 4.85. The first-order chi connectivity index (χ1) is 5.84. The van der Waals surface area contributed by atoms with E-state index in [-0.39, 0.29) is 5.91 Å². The lowest BCUT2D eigenvalue weighted by Crippen LogP contribution is -2.31. The molecule has 1 rings (SSSR count). The van der Waals surface area contributed by atoms with Crippen molar-refractivity contribution in [1.29, 1.82) is 0 Å². The van der Waals surface area contributed by atoms with E-state index in [2.05, 4.69) is 0 Å². The van der Waals surface area contributed by atoms with Gasteiger partial charge in [-0.15, -0.1) is 0 Å². The van der Waals surface area contributed by atoms with Gasteiger partial charge in [0.1, 0.15) is 0 Å². The van der Waals surface area contributed by atoms with E-state index in [0.29, 0.717) is 6.61 Å². The second kappa shape index (κ2) is 4.93. The van der Waals surface area contributed by atoms with Gasteiger partial charge in [0.2, 0.25) is 5.91 Å². The first-order valence-electron chi connectivity index (χ1n) is 4.34. The molecular weight excluding hydrogens is 154 g/mol. The molecule has 0 aromatic carbocycles. The second-order valence-electron chi connectivity index (χ2n) is 2.79. The van der Waals surface area contributed by atoms with E-state index in [4.69, 9.17) is 4.74 Å². The van der Waals surface area contributed by atoms with Gasteiger partial charge in [-0.1, -0.05) is 6.08 Å². The molecule has 0 unspecified atom stereocenters. The third-order valence-corrected chi connectivity index (χ3v) is 1.84. The molecule has 0 atom stereocenters. The highest BCUT2D eigenvalue weighted by Crippen LogP contribution is 1.99. The van der Waals surface area contributed by atoms with Crippen LogP contribution in [0.4, 0.5) is 0 Å². The summed E-state index contributed by atoms with van der Waals surface area (Å²) in [4.78, 5) is 13.2. The van der Waals surface area contributed by atoms with Crippen LogP contribution in [0.3, 0.4) is 0 Å². The molecule has 0 radical (unpaired) electrons. The molecule has 1 aliphatic rings. The van der Waals surface area contributed by atoms with Crippen molar-refractivity contribution >= 4 is 5.91 Å². The summed E-state index contributed by atoms with van der Waals surface area (Å²) in [7, 11) is 0. The fourth-order valence-electron chi connectivity index (χ4n) is 1.21. The van der Waals surface area contributed by atoms with E-state index < -0.39 is 0 Å². The van der Waals surface area contributed by atoms with E-state index in [0.717, 1.165) is 26.1 Å². The van der Waals surface area contributed by atoms with E-state index in [1.54, 1.807) is 12.2 Å². The number of carbonyl (C=O) groups is 1. The largest absolute Gasteiger partial charge is 0.380 e. The monoisotopic (exact) mass is 169 g/mol. The number of hydrogen-bond donors (Lipinski definition) is 0. The molecule has 0 aromatic rings. The Kier molecular flexibility index (Phi) is 3.80. The van der Waals surface area contributed by atoms with E-state index in [1.807, 2.05) is 11.8 Å². The van der Waals surface area contributed by atoms with Gasteiger partial charge in [0.15, 0.2) is 0 Å².